The molecular weight excluding hydrogens is 340 g/mol. The van der Waals surface area contributed by atoms with Crippen LogP contribution in [0.2, 0.25) is 0 Å². The number of nitrogens with one attached hydrogen (secondary N) is 1. The molecule has 1 saturated heterocycles. The minimum absolute atomic E-state index is 0.0120. The number of imidazole rings is 1. The van der Waals surface area contributed by atoms with Crippen LogP contribution in [0.25, 0.3) is 11.0 Å². The summed E-state index contributed by atoms with van der Waals surface area (Å²) in [7, 11) is -3.50. The molecule has 2 aromatic rings. The van der Waals surface area contributed by atoms with E-state index < -0.39 is 10.0 Å². The highest BCUT2D eigenvalue weighted by molar-refractivity contribution is 7.89. The molecule has 1 aromatic carbocycles. The highest BCUT2D eigenvalue weighted by atomic mass is 32.2. The monoisotopic (exact) mass is 364 g/mol. The number of sulfonamides is 1. The molecule has 1 atom stereocenters. The lowest BCUT2D eigenvalue weighted by atomic mass is 9.94. The SMILES string of the molecule is NS(=O)(=O)CCCC(=O)N1CCCC(Cc2nc3ccccc3[nH]2)C1. The lowest BCUT2D eigenvalue weighted by molar-refractivity contribution is -0.133. The zero-order valence-electron chi connectivity index (χ0n) is 14.1. The van der Waals surface area contributed by atoms with Crippen molar-refractivity contribution in [1.29, 1.82) is 0 Å². The molecule has 8 heteroatoms. The molecule has 1 aliphatic heterocycles. The molecule has 7 nitrogen and oxygen atoms in total. The van der Waals surface area contributed by atoms with Gasteiger partial charge in [-0.3, -0.25) is 4.79 Å². The fourth-order valence-electron chi connectivity index (χ4n) is 3.42. The molecule has 0 spiro atoms. The molecule has 0 aliphatic carbocycles. The van der Waals surface area contributed by atoms with Gasteiger partial charge in [-0.2, -0.15) is 0 Å². The number of amides is 1. The molecule has 3 rings (SSSR count). The molecule has 1 aliphatic rings. The van der Waals surface area contributed by atoms with Crippen LogP contribution in [0.5, 0.6) is 0 Å². The number of para-hydroxylation sites is 2. The van der Waals surface area contributed by atoms with Crippen molar-refractivity contribution >= 4 is 27.0 Å². The molecule has 1 amide bonds. The topological polar surface area (TPSA) is 109 Å². The number of nitrogens with two attached hydrogens (primary N) is 1. The van der Waals surface area contributed by atoms with Gasteiger partial charge in [-0.1, -0.05) is 12.1 Å². The molecule has 136 valence electrons. The molecule has 1 fully saturated rings. The number of carbonyl (C=O) groups excluding carboxylic acids is 1. The van der Waals surface area contributed by atoms with Crippen molar-refractivity contribution in [3.05, 3.63) is 30.1 Å². The summed E-state index contributed by atoms with van der Waals surface area (Å²) in [6.07, 6.45) is 3.36. The van der Waals surface area contributed by atoms with Crippen molar-refractivity contribution in [3.8, 4) is 0 Å². The van der Waals surface area contributed by atoms with Crippen LogP contribution in [-0.4, -0.2) is 48.0 Å². The number of carbonyl (C=O) groups is 1. The number of aromatic amines is 1. The quantitative estimate of drug-likeness (QED) is 0.807. The lowest BCUT2D eigenvalue weighted by Gasteiger charge is -2.32. The van der Waals surface area contributed by atoms with Crippen molar-refractivity contribution in [3.63, 3.8) is 0 Å². The van der Waals surface area contributed by atoms with E-state index >= 15 is 0 Å². The van der Waals surface area contributed by atoms with E-state index in [-0.39, 0.29) is 24.5 Å². The van der Waals surface area contributed by atoms with Gasteiger partial charge in [0.05, 0.1) is 16.8 Å². The second-order valence-electron chi connectivity index (χ2n) is 6.72. The van der Waals surface area contributed by atoms with Crippen molar-refractivity contribution in [2.75, 3.05) is 18.8 Å². The number of likely N-dealkylation sites (tertiary alicyclic amines) is 1. The van der Waals surface area contributed by atoms with Crippen molar-refractivity contribution in [2.24, 2.45) is 11.1 Å². The summed E-state index contributed by atoms with van der Waals surface area (Å²) in [5, 5.41) is 4.98. The first kappa shape index (κ1) is 17.9. The number of fused-ring (bicyclic) bond motifs is 1. The van der Waals surface area contributed by atoms with Crippen LogP contribution in [-0.2, 0) is 21.2 Å². The van der Waals surface area contributed by atoms with Crippen LogP contribution >= 0.6 is 0 Å². The van der Waals surface area contributed by atoms with Gasteiger partial charge in [0.1, 0.15) is 5.82 Å². The highest BCUT2D eigenvalue weighted by Crippen LogP contribution is 2.22. The molecule has 3 N–H and O–H groups in total. The third kappa shape index (κ3) is 5.02. The third-order valence-electron chi connectivity index (χ3n) is 4.61. The van der Waals surface area contributed by atoms with Gasteiger partial charge in [-0.15, -0.1) is 0 Å². The van der Waals surface area contributed by atoms with Gasteiger partial charge in [-0.05, 0) is 37.3 Å². The predicted octanol–water partition coefficient (Wildman–Crippen LogP) is 1.41. The largest absolute Gasteiger partial charge is 0.342 e. The number of aromatic nitrogens is 2. The Morgan fingerprint density at radius 1 is 1.36 bits per heavy atom. The van der Waals surface area contributed by atoms with E-state index in [4.69, 9.17) is 5.14 Å². The first-order valence-electron chi connectivity index (χ1n) is 8.62. The number of primary sulfonamides is 1. The summed E-state index contributed by atoms with van der Waals surface area (Å²) in [5.41, 5.74) is 1.99. The summed E-state index contributed by atoms with van der Waals surface area (Å²) in [4.78, 5) is 22.1. The minimum atomic E-state index is -3.50. The zero-order valence-corrected chi connectivity index (χ0v) is 15.0. The van der Waals surface area contributed by atoms with E-state index in [0.717, 1.165) is 42.7 Å². The first-order valence-corrected chi connectivity index (χ1v) is 10.3. The van der Waals surface area contributed by atoms with Gasteiger partial charge in [0.2, 0.25) is 15.9 Å². The number of nitrogens with zero attached hydrogens (tertiary/aromatic N) is 2. The number of rotatable bonds is 6. The van der Waals surface area contributed by atoms with Crippen LogP contribution in [0.1, 0.15) is 31.5 Å². The molecule has 0 saturated carbocycles. The number of hydrogen-bond donors (Lipinski definition) is 2. The van der Waals surface area contributed by atoms with E-state index in [0.29, 0.717) is 12.5 Å². The van der Waals surface area contributed by atoms with E-state index in [1.807, 2.05) is 29.2 Å². The zero-order chi connectivity index (χ0) is 17.9. The first-order chi connectivity index (χ1) is 11.9. The maximum atomic E-state index is 12.3. The number of hydrogen-bond acceptors (Lipinski definition) is 4. The van der Waals surface area contributed by atoms with Gasteiger partial charge in [0.15, 0.2) is 0 Å². The van der Waals surface area contributed by atoms with Crippen molar-refractivity contribution in [1.82, 2.24) is 14.9 Å². The average molecular weight is 364 g/mol. The van der Waals surface area contributed by atoms with Gasteiger partial charge in [-0.25, -0.2) is 18.5 Å². The maximum absolute atomic E-state index is 12.3. The molecule has 1 unspecified atom stereocenters. The molecule has 0 radical (unpaired) electrons. The van der Waals surface area contributed by atoms with Gasteiger partial charge in [0, 0.05) is 25.9 Å². The Labute approximate surface area is 147 Å². The maximum Gasteiger partial charge on any atom is 0.222 e. The van der Waals surface area contributed by atoms with Crippen molar-refractivity contribution < 1.29 is 13.2 Å². The Kier molecular flexibility index (Phi) is 5.39. The Bertz CT molecular complexity index is 813. The van der Waals surface area contributed by atoms with E-state index in [9.17, 15) is 13.2 Å². The summed E-state index contributed by atoms with van der Waals surface area (Å²) in [6.45, 7) is 1.44. The van der Waals surface area contributed by atoms with Gasteiger partial charge < -0.3 is 9.88 Å². The Balaban J connectivity index is 1.54. The summed E-state index contributed by atoms with van der Waals surface area (Å²) >= 11 is 0. The fraction of sp³-hybridized carbons (Fsp3) is 0.529. The second-order valence-corrected chi connectivity index (χ2v) is 8.46. The average Bonchev–Trinajstić information content (AvgIpc) is 2.96. The van der Waals surface area contributed by atoms with Crippen LogP contribution in [0.15, 0.2) is 24.3 Å². The van der Waals surface area contributed by atoms with Crippen LogP contribution in [0.4, 0.5) is 0 Å². The third-order valence-corrected chi connectivity index (χ3v) is 5.47. The Morgan fingerprint density at radius 3 is 2.92 bits per heavy atom. The van der Waals surface area contributed by atoms with Crippen LogP contribution in [0.3, 0.4) is 0 Å². The van der Waals surface area contributed by atoms with E-state index in [1.165, 1.54) is 0 Å². The van der Waals surface area contributed by atoms with Crippen LogP contribution < -0.4 is 5.14 Å². The molecule has 0 bridgehead atoms. The van der Waals surface area contributed by atoms with Crippen LogP contribution in [0, 0.1) is 5.92 Å². The van der Waals surface area contributed by atoms with E-state index in [1.54, 1.807) is 0 Å². The normalized spacial score (nSPS) is 18.6. The minimum Gasteiger partial charge on any atom is -0.342 e. The van der Waals surface area contributed by atoms with E-state index in [2.05, 4.69) is 9.97 Å². The number of benzene rings is 1. The smallest absolute Gasteiger partial charge is 0.222 e. The molecular formula is C17H24N4O3S. The number of H-pyrrole nitrogens is 1. The summed E-state index contributed by atoms with van der Waals surface area (Å²) in [6, 6.07) is 7.94. The van der Waals surface area contributed by atoms with Gasteiger partial charge >= 0.3 is 0 Å². The molecule has 25 heavy (non-hydrogen) atoms. The second kappa shape index (κ2) is 7.53. The lowest BCUT2D eigenvalue weighted by Crippen LogP contribution is -2.40. The standard InChI is InChI=1S/C17H24N4O3S/c18-25(23,24)10-4-8-17(22)21-9-3-5-13(12-21)11-16-19-14-6-1-2-7-15(14)20-16/h1-2,6-7,13H,3-5,8-12H2,(H,19,20)(H2,18,23,24). The summed E-state index contributed by atoms with van der Waals surface area (Å²) in [5.74, 6) is 1.19. The molecule has 2 heterocycles. The fourth-order valence-corrected chi connectivity index (χ4v) is 3.96. The Morgan fingerprint density at radius 2 is 2.16 bits per heavy atom. The highest BCUT2D eigenvalue weighted by Gasteiger charge is 2.24. The number of piperidine rings is 1. The van der Waals surface area contributed by atoms with Gasteiger partial charge in [0.25, 0.3) is 0 Å². The van der Waals surface area contributed by atoms with Crippen molar-refractivity contribution in [2.45, 2.75) is 32.1 Å². The molecule has 1 aromatic heterocycles. The predicted molar refractivity (Wildman–Crippen MR) is 96.3 cm³/mol. The summed E-state index contributed by atoms with van der Waals surface area (Å²) < 4.78 is 21.9. The Hall–Kier alpha value is -1.93.